The Hall–Kier alpha value is -2.61. The molecule has 0 saturated carbocycles. The molecule has 0 aliphatic heterocycles. The van der Waals surface area contributed by atoms with Gasteiger partial charge >= 0.3 is 0 Å². The standard InChI is InChI=1S/2C11H8N.4C2H6.Ir/c2*1-2-6-10(7-3-1)11-8-4-5-9-12-11;4*1-2;/h2*1-6,8-9H;4*1-2H3;/q2*-1;;;;;. The van der Waals surface area contributed by atoms with E-state index in [-0.39, 0.29) is 20.1 Å². The second kappa shape index (κ2) is 27.4. The molecule has 0 N–H and O–H groups in total. The fourth-order valence-electron chi connectivity index (χ4n) is 2.15. The third-order valence-electron chi connectivity index (χ3n) is 3.30. The minimum Gasteiger partial charge on any atom is -0.305 e. The summed E-state index contributed by atoms with van der Waals surface area (Å²) < 4.78 is 0. The van der Waals surface area contributed by atoms with E-state index in [1.165, 1.54) is 0 Å². The summed E-state index contributed by atoms with van der Waals surface area (Å²) in [7, 11) is 0. The van der Waals surface area contributed by atoms with Crippen LogP contribution in [0.15, 0.2) is 97.3 Å². The third kappa shape index (κ3) is 15.8. The summed E-state index contributed by atoms with van der Waals surface area (Å²) in [4.78, 5) is 8.44. The molecule has 0 bridgehead atoms. The van der Waals surface area contributed by atoms with Crippen LogP contribution >= 0.6 is 0 Å². The molecule has 0 unspecified atom stereocenters. The minimum atomic E-state index is 0. The molecular formula is C30H40IrN2-2. The van der Waals surface area contributed by atoms with Crippen molar-refractivity contribution in [3.63, 3.8) is 0 Å². The van der Waals surface area contributed by atoms with Gasteiger partial charge in [0.1, 0.15) is 0 Å². The van der Waals surface area contributed by atoms with Crippen LogP contribution in [0.3, 0.4) is 0 Å². The minimum absolute atomic E-state index is 0. The van der Waals surface area contributed by atoms with Crippen LogP contribution in [0.4, 0.5) is 0 Å². The average molecular weight is 621 g/mol. The second-order valence-electron chi connectivity index (χ2n) is 4.98. The molecule has 3 heteroatoms. The van der Waals surface area contributed by atoms with Gasteiger partial charge in [0, 0.05) is 32.5 Å². The first-order chi connectivity index (χ1) is 15.9. The maximum Gasteiger partial charge on any atom is 0.0160 e. The zero-order chi connectivity index (χ0) is 24.5. The van der Waals surface area contributed by atoms with E-state index in [9.17, 15) is 0 Å². The van der Waals surface area contributed by atoms with Gasteiger partial charge in [-0.3, -0.25) is 0 Å². The van der Waals surface area contributed by atoms with Crippen LogP contribution in [0.5, 0.6) is 0 Å². The number of rotatable bonds is 2. The molecule has 2 aromatic heterocycles. The quantitative estimate of drug-likeness (QED) is 0.209. The third-order valence-corrected chi connectivity index (χ3v) is 3.30. The number of pyridine rings is 2. The molecule has 0 saturated heterocycles. The van der Waals surface area contributed by atoms with E-state index >= 15 is 0 Å². The van der Waals surface area contributed by atoms with Crippen LogP contribution in [0, 0.1) is 12.1 Å². The second-order valence-corrected chi connectivity index (χ2v) is 4.98. The van der Waals surface area contributed by atoms with Gasteiger partial charge in [0.15, 0.2) is 0 Å². The SMILES string of the molecule is CC.CC.CC.CC.[Ir].[c-]1ccccc1-c1ccccn1.[c-]1ccccc1-c1ccccn1. The number of aromatic nitrogens is 2. The van der Waals surface area contributed by atoms with Gasteiger partial charge in [-0.05, 0) is 23.5 Å². The van der Waals surface area contributed by atoms with E-state index in [0.717, 1.165) is 22.5 Å². The van der Waals surface area contributed by atoms with Crippen molar-refractivity contribution < 1.29 is 20.1 Å². The van der Waals surface area contributed by atoms with Gasteiger partial charge in [-0.2, -0.15) is 0 Å². The summed E-state index contributed by atoms with van der Waals surface area (Å²) in [5, 5.41) is 0. The van der Waals surface area contributed by atoms with Crippen LogP contribution in [0.25, 0.3) is 22.5 Å². The van der Waals surface area contributed by atoms with Crippen molar-refractivity contribution >= 4 is 0 Å². The van der Waals surface area contributed by atoms with E-state index in [1.54, 1.807) is 12.4 Å². The number of hydrogen-bond donors (Lipinski definition) is 0. The van der Waals surface area contributed by atoms with Crippen LogP contribution in [0.2, 0.25) is 0 Å². The molecule has 181 valence electrons. The Morgan fingerprint density at radius 2 is 0.788 bits per heavy atom. The van der Waals surface area contributed by atoms with Crippen molar-refractivity contribution in [1.82, 2.24) is 9.97 Å². The zero-order valence-corrected chi connectivity index (χ0v) is 23.9. The average Bonchev–Trinajstić information content (AvgIpc) is 2.95. The van der Waals surface area contributed by atoms with Gasteiger partial charge in [0.2, 0.25) is 0 Å². The molecule has 0 aliphatic rings. The van der Waals surface area contributed by atoms with E-state index < -0.39 is 0 Å². The number of nitrogens with zero attached hydrogens (tertiary/aromatic N) is 2. The van der Waals surface area contributed by atoms with Crippen molar-refractivity contribution in [1.29, 1.82) is 0 Å². The summed E-state index contributed by atoms with van der Waals surface area (Å²) in [6, 6.07) is 33.6. The molecule has 2 aromatic carbocycles. The predicted molar refractivity (Wildman–Crippen MR) is 142 cm³/mol. The van der Waals surface area contributed by atoms with Gasteiger partial charge in [0.05, 0.1) is 0 Å². The first-order valence-corrected chi connectivity index (χ1v) is 11.7. The molecule has 0 aliphatic carbocycles. The van der Waals surface area contributed by atoms with E-state index in [4.69, 9.17) is 0 Å². The molecule has 4 rings (SSSR count). The molecule has 33 heavy (non-hydrogen) atoms. The Labute approximate surface area is 216 Å². The Kier molecular flexibility index (Phi) is 29.1. The summed E-state index contributed by atoms with van der Waals surface area (Å²) in [5.74, 6) is 0. The zero-order valence-electron chi connectivity index (χ0n) is 21.5. The van der Waals surface area contributed by atoms with Crippen molar-refractivity contribution in [3.05, 3.63) is 109 Å². The molecule has 0 atom stereocenters. The van der Waals surface area contributed by atoms with Crippen LogP contribution in [0.1, 0.15) is 55.4 Å². The van der Waals surface area contributed by atoms with Gasteiger partial charge in [-0.15, -0.1) is 71.8 Å². The number of benzene rings is 2. The molecule has 1 radical (unpaired) electrons. The van der Waals surface area contributed by atoms with Crippen LogP contribution < -0.4 is 0 Å². The van der Waals surface area contributed by atoms with E-state index in [2.05, 4.69) is 22.1 Å². The summed E-state index contributed by atoms with van der Waals surface area (Å²) in [6.45, 7) is 16.0. The normalized spacial score (nSPS) is 7.76. The maximum atomic E-state index is 4.22. The first kappa shape index (κ1) is 35.0. The first-order valence-electron chi connectivity index (χ1n) is 11.7. The Balaban J connectivity index is -0.000000410. The smallest absolute Gasteiger partial charge is 0.0160 e. The van der Waals surface area contributed by atoms with Gasteiger partial charge in [-0.1, -0.05) is 79.7 Å². The molecule has 4 aromatic rings. The van der Waals surface area contributed by atoms with Crippen molar-refractivity contribution in [2.24, 2.45) is 0 Å². The summed E-state index contributed by atoms with van der Waals surface area (Å²) in [5.41, 5.74) is 4.02. The van der Waals surface area contributed by atoms with Gasteiger partial charge in [-0.25, -0.2) is 0 Å². The fourth-order valence-corrected chi connectivity index (χ4v) is 2.15. The molecular weight excluding hydrogens is 581 g/mol. The van der Waals surface area contributed by atoms with E-state index in [0.29, 0.717) is 0 Å². The fraction of sp³-hybridized carbons (Fsp3) is 0.267. The van der Waals surface area contributed by atoms with Crippen LogP contribution in [-0.2, 0) is 20.1 Å². The summed E-state index contributed by atoms with van der Waals surface area (Å²) in [6.07, 6.45) is 3.58. The summed E-state index contributed by atoms with van der Waals surface area (Å²) >= 11 is 0. The predicted octanol–water partition coefficient (Wildman–Crippen LogP) is 9.20. The molecule has 2 nitrogen and oxygen atoms in total. The molecule has 0 amide bonds. The van der Waals surface area contributed by atoms with Crippen molar-refractivity contribution in [3.8, 4) is 22.5 Å². The Morgan fingerprint density at radius 1 is 0.455 bits per heavy atom. The Bertz CT molecular complexity index is 687. The monoisotopic (exact) mass is 621 g/mol. The Morgan fingerprint density at radius 3 is 1.03 bits per heavy atom. The largest absolute Gasteiger partial charge is 0.305 e. The molecule has 2 heterocycles. The van der Waals surface area contributed by atoms with Crippen molar-refractivity contribution in [2.45, 2.75) is 55.4 Å². The molecule has 0 spiro atoms. The van der Waals surface area contributed by atoms with Gasteiger partial charge < -0.3 is 9.97 Å². The van der Waals surface area contributed by atoms with Crippen LogP contribution in [-0.4, -0.2) is 9.97 Å². The van der Waals surface area contributed by atoms with Gasteiger partial charge in [0.25, 0.3) is 0 Å². The topological polar surface area (TPSA) is 25.8 Å². The number of hydrogen-bond acceptors (Lipinski definition) is 2. The molecule has 0 fully saturated rings. The van der Waals surface area contributed by atoms with E-state index in [1.807, 2.05) is 140 Å². The van der Waals surface area contributed by atoms with Crippen molar-refractivity contribution in [2.75, 3.05) is 0 Å². The maximum absolute atomic E-state index is 4.22.